The number of nitrogens with two attached hydrogens (primary N) is 1. The first-order chi connectivity index (χ1) is 7.16. The maximum atomic E-state index is 5.65. The van der Waals surface area contributed by atoms with Crippen LogP contribution in [-0.2, 0) is 0 Å². The van der Waals surface area contributed by atoms with E-state index in [0.717, 1.165) is 11.4 Å². The van der Waals surface area contributed by atoms with Crippen molar-refractivity contribution < 1.29 is 4.74 Å². The first-order valence-corrected chi connectivity index (χ1v) is 4.72. The molecular weight excluding hydrogens is 190 g/mol. The molecule has 0 saturated carbocycles. The third kappa shape index (κ3) is 1.93. The number of ether oxygens (including phenoxy) is 1. The van der Waals surface area contributed by atoms with E-state index in [1.165, 1.54) is 5.56 Å². The minimum absolute atomic E-state index is 0.382. The molecule has 0 spiro atoms. The molecule has 0 radical (unpaired) electrons. The maximum Gasteiger partial charge on any atom is 0.191 e. The summed E-state index contributed by atoms with van der Waals surface area (Å²) in [6, 6.07) is 7.78. The van der Waals surface area contributed by atoms with Crippen molar-refractivity contribution in [1.82, 2.24) is 10.2 Å². The lowest BCUT2D eigenvalue weighted by Gasteiger charge is -2.05. The van der Waals surface area contributed by atoms with Crippen LogP contribution in [0.25, 0.3) is 0 Å². The number of nitrogen functional groups attached to an aromatic ring is 1. The van der Waals surface area contributed by atoms with Gasteiger partial charge in [-0.1, -0.05) is 17.7 Å². The van der Waals surface area contributed by atoms with Crippen LogP contribution in [0.4, 0.5) is 5.82 Å². The number of aromatic amines is 1. The van der Waals surface area contributed by atoms with E-state index < -0.39 is 0 Å². The van der Waals surface area contributed by atoms with Gasteiger partial charge in [-0.05, 0) is 26.0 Å². The molecule has 0 aliphatic rings. The topological polar surface area (TPSA) is 63.9 Å². The molecule has 0 fully saturated rings. The van der Waals surface area contributed by atoms with Gasteiger partial charge in [-0.25, -0.2) is 0 Å². The highest BCUT2D eigenvalue weighted by Crippen LogP contribution is 2.28. The monoisotopic (exact) mass is 203 g/mol. The summed E-state index contributed by atoms with van der Waals surface area (Å²) in [7, 11) is 0. The number of H-pyrrole nitrogens is 1. The molecule has 2 aromatic rings. The second-order valence-electron chi connectivity index (χ2n) is 3.48. The molecule has 1 heterocycles. The van der Waals surface area contributed by atoms with Gasteiger partial charge < -0.3 is 10.5 Å². The zero-order chi connectivity index (χ0) is 10.8. The molecule has 0 unspecified atom stereocenters. The van der Waals surface area contributed by atoms with Crippen molar-refractivity contribution in [2.45, 2.75) is 13.8 Å². The van der Waals surface area contributed by atoms with Gasteiger partial charge in [0.05, 0.1) is 5.69 Å². The van der Waals surface area contributed by atoms with Gasteiger partial charge >= 0.3 is 0 Å². The molecule has 1 aromatic carbocycles. The summed E-state index contributed by atoms with van der Waals surface area (Å²) in [5.74, 6) is 1.74. The van der Waals surface area contributed by atoms with E-state index in [2.05, 4.69) is 10.2 Å². The van der Waals surface area contributed by atoms with Crippen LogP contribution in [0.5, 0.6) is 11.5 Å². The fourth-order valence-corrected chi connectivity index (χ4v) is 1.29. The smallest absolute Gasteiger partial charge is 0.191 e. The summed E-state index contributed by atoms with van der Waals surface area (Å²) in [5, 5.41) is 6.63. The van der Waals surface area contributed by atoms with Crippen LogP contribution < -0.4 is 10.5 Å². The average Bonchev–Trinajstić information content (AvgIpc) is 2.53. The molecule has 0 aliphatic heterocycles. The Kier molecular flexibility index (Phi) is 2.33. The largest absolute Gasteiger partial charge is 0.452 e. The number of anilines is 1. The lowest BCUT2D eigenvalue weighted by atomic mass is 10.2. The Labute approximate surface area is 88.1 Å². The van der Waals surface area contributed by atoms with Crippen LogP contribution in [0.15, 0.2) is 24.3 Å². The quantitative estimate of drug-likeness (QED) is 0.787. The second-order valence-corrected chi connectivity index (χ2v) is 3.48. The van der Waals surface area contributed by atoms with Gasteiger partial charge in [0.25, 0.3) is 0 Å². The van der Waals surface area contributed by atoms with E-state index in [4.69, 9.17) is 10.5 Å². The number of aryl methyl sites for hydroxylation is 2. The van der Waals surface area contributed by atoms with Gasteiger partial charge in [0.2, 0.25) is 0 Å². The predicted octanol–water partition coefficient (Wildman–Crippen LogP) is 2.40. The van der Waals surface area contributed by atoms with Crippen molar-refractivity contribution in [3.63, 3.8) is 0 Å². The van der Waals surface area contributed by atoms with Gasteiger partial charge in [-0.15, -0.1) is 0 Å². The summed E-state index contributed by atoms with van der Waals surface area (Å²) in [6.07, 6.45) is 0. The van der Waals surface area contributed by atoms with Crippen LogP contribution in [-0.4, -0.2) is 10.2 Å². The first kappa shape index (κ1) is 9.58. The molecule has 4 heteroatoms. The van der Waals surface area contributed by atoms with Crippen molar-refractivity contribution in [3.8, 4) is 11.5 Å². The van der Waals surface area contributed by atoms with Crippen molar-refractivity contribution in [1.29, 1.82) is 0 Å². The highest BCUT2D eigenvalue weighted by Gasteiger charge is 2.08. The molecule has 0 saturated heterocycles. The number of nitrogens with zero attached hydrogens (tertiary/aromatic N) is 1. The molecule has 0 bridgehead atoms. The molecular formula is C11H13N3O. The van der Waals surface area contributed by atoms with Crippen molar-refractivity contribution >= 4 is 5.82 Å². The number of rotatable bonds is 2. The second kappa shape index (κ2) is 3.65. The predicted molar refractivity (Wildman–Crippen MR) is 59.0 cm³/mol. The normalized spacial score (nSPS) is 10.3. The van der Waals surface area contributed by atoms with E-state index in [-0.39, 0.29) is 0 Å². The van der Waals surface area contributed by atoms with E-state index >= 15 is 0 Å². The summed E-state index contributed by atoms with van der Waals surface area (Å²) in [5.41, 5.74) is 7.67. The Morgan fingerprint density at radius 1 is 1.20 bits per heavy atom. The van der Waals surface area contributed by atoms with Crippen molar-refractivity contribution in [2.24, 2.45) is 0 Å². The molecule has 15 heavy (non-hydrogen) atoms. The molecule has 78 valence electrons. The Bertz CT molecular complexity index is 440. The minimum Gasteiger partial charge on any atom is -0.452 e. The van der Waals surface area contributed by atoms with Crippen LogP contribution in [0.1, 0.15) is 11.3 Å². The zero-order valence-corrected chi connectivity index (χ0v) is 8.74. The third-order valence-electron chi connectivity index (χ3n) is 2.16. The Morgan fingerprint density at radius 3 is 2.40 bits per heavy atom. The summed E-state index contributed by atoms with van der Waals surface area (Å²) in [4.78, 5) is 0. The number of hydrogen-bond acceptors (Lipinski definition) is 3. The molecule has 0 atom stereocenters. The highest BCUT2D eigenvalue weighted by molar-refractivity contribution is 5.50. The van der Waals surface area contributed by atoms with Crippen molar-refractivity contribution in [2.75, 3.05) is 5.73 Å². The number of aromatic nitrogens is 2. The summed E-state index contributed by atoms with van der Waals surface area (Å²) in [6.45, 7) is 3.90. The van der Waals surface area contributed by atoms with Crippen LogP contribution >= 0.6 is 0 Å². The van der Waals surface area contributed by atoms with Crippen LogP contribution in [0, 0.1) is 13.8 Å². The molecule has 0 aliphatic carbocycles. The average molecular weight is 203 g/mol. The lowest BCUT2D eigenvalue weighted by Crippen LogP contribution is -1.90. The number of nitrogens with one attached hydrogen (secondary N) is 1. The molecule has 4 nitrogen and oxygen atoms in total. The van der Waals surface area contributed by atoms with Gasteiger partial charge in [0.15, 0.2) is 11.6 Å². The Balaban J connectivity index is 2.25. The van der Waals surface area contributed by atoms with Crippen LogP contribution in [0.2, 0.25) is 0 Å². The zero-order valence-electron chi connectivity index (χ0n) is 8.74. The van der Waals surface area contributed by atoms with E-state index in [1.54, 1.807) is 0 Å². The van der Waals surface area contributed by atoms with E-state index in [9.17, 15) is 0 Å². The highest BCUT2D eigenvalue weighted by atomic mass is 16.5. The number of benzene rings is 1. The Hall–Kier alpha value is -1.97. The third-order valence-corrected chi connectivity index (χ3v) is 2.16. The fourth-order valence-electron chi connectivity index (χ4n) is 1.29. The number of hydrogen-bond donors (Lipinski definition) is 2. The van der Waals surface area contributed by atoms with Gasteiger partial charge in [-0.3, -0.25) is 5.10 Å². The maximum absolute atomic E-state index is 5.65. The SMILES string of the molecule is Cc1ccc(Oc2c(N)n[nH]c2C)cc1. The van der Waals surface area contributed by atoms with Gasteiger partial charge in [-0.2, -0.15) is 5.10 Å². The molecule has 1 aromatic heterocycles. The molecule has 2 rings (SSSR count). The van der Waals surface area contributed by atoms with E-state index in [1.807, 2.05) is 38.1 Å². The standard InChI is InChI=1S/C11H13N3O/c1-7-3-5-9(6-4-7)15-10-8(2)13-14-11(10)12/h3-6H,1-2H3,(H3,12,13,14). The molecule has 3 N–H and O–H groups in total. The van der Waals surface area contributed by atoms with Gasteiger partial charge in [0, 0.05) is 0 Å². The minimum atomic E-state index is 0.382. The van der Waals surface area contributed by atoms with E-state index in [0.29, 0.717) is 11.6 Å². The van der Waals surface area contributed by atoms with Gasteiger partial charge in [0.1, 0.15) is 5.75 Å². The summed E-state index contributed by atoms with van der Waals surface area (Å²) >= 11 is 0. The summed E-state index contributed by atoms with van der Waals surface area (Å²) < 4.78 is 5.62. The first-order valence-electron chi connectivity index (χ1n) is 4.72. The van der Waals surface area contributed by atoms with Crippen LogP contribution in [0.3, 0.4) is 0 Å². The lowest BCUT2D eigenvalue weighted by molar-refractivity contribution is 0.481. The fraction of sp³-hybridized carbons (Fsp3) is 0.182. The molecule has 0 amide bonds. The van der Waals surface area contributed by atoms with Crippen molar-refractivity contribution in [3.05, 3.63) is 35.5 Å². The Morgan fingerprint density at radius 2 is 1.87 bits per heavy atom.